The third kappa shape index (κ3) is 2.49. The predicted molar refractivity (Wildman–Crippen MR) is 84.4 cm³/mol. The highest BCUT2D eigenvalue weighted by Crippen LogP contribution is 2.33. The Hall–Kier alpha value is -2.34. The Labute approximate surface area is 133 Å². The third-order valence-corrected chi connectivity index (χ3v) is 4.38. The number of carbonyl (C=O) groups excluding carboxylic acids is 1. The summed E-state index contributed by atoms with van der Waals surface area (Å²) >= 11 is 0. The van der Waals surface area contributed by atoms with Gasteiger partial charge in [-0.3, -0.25) is 14.3 Å². The van der Waals surface area contributed by atoms with E-state index in [4.69, 9.17) is 4.74 Å². The molecule has 6 nitrogen and oxygen atoms in total. The fourth-order valence-electron chi connectivity index (χ4n) is 3.27. The highest BCUT2D eigenvalue weighted by atomic mass is 16.5. The number of para-hydroxylation sites is 1. The SMILES string of the molecule is CCOC(=O)C1CCc2c(c(=O)n(-c3ccccc3)n2C)C1O. The molecule has 1 heterocycles. The van der Waals surface area contributed by atoms with Crippen LogP contribution < -0.4 is 5.56 Å². The summed E-state index contributed by atoms with van der Waals surface area (Å²) in [5.74, 6) is -1.12. The summed E-state index contributed by atoms with van der Waals surface area (Å²) in [6.07, 6.45) is -0.0953. The van der Waals surface area contributed by atoms with Crippen molar-refractivity contribution in [3.8, 4) is 5.69 Å². The average Bonchev–Trinajstić information content (AvgIpc) is 2.80. The summed E-state index contributed by atoms with van der Waals surface area (Å²) in [5.41, 5.74) is 1.53. The van der Waals surface area contributed by atoms with Crippen molar-refractivity contribution in [2.75, 3.05) is 6.61 Å². The molecular weight excluding hydrogens is 296 g/mol. The van der Waals surface area contributed by atoms with E-state index in [-0.39, 0.29) is 12.2 Å². The number of aliphatic hydroxyl groups excluding tert-OH is 1. The van der Waals surface area contributed by atoms with E-state index in [1.165, 1.54) is 4.68 Å². The zero-order chi connectivity index (χ0) is 16.6. The molecule has 6 heteroatoms. The number of aliphatic hydroxyl groups is 1. The molecule has 0 bridgehead atoms. The molecule has 0 saturated heterocycles. The van der Waals surface area contributed by atoms with Gasteiger partial charge in [0.25, 0.3) is 5.56 Å². The Balaban J connectivity index is 2.07. The summed E-state index contributed by atoms with van der Waals surface area (Å²) in [6.45, 7) is 1.99. The lowest BCUT2D eigenvalue weighted by Gasteiger charge is -2.25. The molecule has 23 heavy (non-hydrogen) atoms. The van der Waals surface area contributed by atoms with Crippen LogP contribution in [0.1, 0.15) is 30.7 Å². The number of esters is 1. The van der Waals surface area contributed by atoms with Gasteiger partial charge in [0.2, 0.25) is 0 Å². The van der Waals surface area contributed by atoms with Crippen LogP contribution in [0, 0.1) is 5.92 Å². The van der Waals surface area contributed by atoms with Crippen molar-refractivity contribution in [3.05, 3.63) is 51.9 Å². The van der Waals surface area contributed by atoms with Crippen LogP contribution in [-0.4, -0.2) is 27.0 Å². The quantitative estimate of drug-likeness (QED) is 0.867. The van der Waals surface area contributed by atoms with Crippen molar-refractivity contribution >= 4 is 5.97 Å². The first-order valence-corrected chi connectivity index (χ1v) is 7.77. The molecule has 0 amide bonds. The van der Waals surface area contributed by atoms with Gasteiger partial charge < -0.3 is 9.84 Å². The molecule has 0 fully saturated rings. The van der Waals surface area contributed by atoms with Gasteiger partial charge >= 0.3 is 5.97 Å². The number of ether oxygens (including phenoxy) is 1. The molecule has 2 unspecified atom stereocenters. The highest BCUT2D eigenvalue weighted by Gasteiger charge is 2.39. The topological polar surface area (TPSA) is 73.5 Å². The Morgan fingerprint density at radius 3 is 2.70 bits per heavy atom. The van der Waals surface area contributed by atoms with Crippen LogP contribution in [0.15, 0.2) is 35.1 Å². The molecule has 1 aromatic carbocycles. The van der Waals surface area contributed by atoms with E-state index >= 15 is 0 Å². The number of nitrogens with zero attached hydrogens (tertiary/aromatic N) is 2. The average molecular weight is 316 g/mol. The van der Waals surface area contributed by atoms with E-state index in [0.29, 0.717) is 18.4 Å². The van der Waals surface area contributed by atoms with E-state index in [9.17, 15) is 14.7 Å². The largest absolute Gasteiger partial charge is 0.466 e. The van der Waals surface area contributed by atoms with E-state index in [0.717, 1.165) is 11.4 Å². The van der Waals surface area contributed by atoms with Gasteiger partial charge in [0.1, 0.15) is 0 Å². The second kappa shape index (κ2) is 6.04. The van der Waals surface area contributed by atoms with E-state index in [1.807, 2.05) is 30.3 Å². The van der Waals surface area contributed by atoms with Crippen LogP contribution in [0.4, 0.5) is 0 Å². The highest BCUT2D eigenvalue weighted by molar-refractivity contribution is 5.74. The molecule has 0 spiro atoms. The second-order valence-electron chi connectivity index (χ2n) is 5.68. The lowest BCUT2D eigenvalue weighted by Crippen LogP contribution is -2.32. The van der Waals surface area contributed by atoms with Crippen LogP contribution in [0.3, 0.4) is 0 Å². The minimum Gasteiger partial charge on any atom is -0.466 e. The summed E-state index contributed by atoms with van der Waals surface area (Å²) in [4.78, 5) is 24.8. The summed E-state index contributed by atoms with van der Waals surface area (Å²) in [7, 11) is 1.80. The molecular formula is C17H20N2O4. The Bertz CT molecular complexity index is 776. The third-order valence-electron chi connectivity index (χ3n) is 4.38. The molecule has 0 radical (unpaired) electrons. The first-order valence-electron chi connectivity index (χ1n) is 7.77. The van der Waals surface area contributed by atoms with Gasteiger partial charge in [0.15, 0.2) is 0 Å². The maximum absolute atomic E-state index is 12.8. The minimum atomic E-state index is -1.12. The van der Waals surface area contributed by atoms with Crippen molar-refractivity contribution in [2.45, 2.75) is 25.9 Å². The monoisotopic (exact) mass is 316 g/mol. The first kappa shape index (κ1) is 15.6. The van der Waals surface area contributed by atoms with Crippen molar-refractivity contribution in [1.29, 1.82) is 0 Å². The molecule has 1 aromatic heterocycles. The minimum absolute atomic E-state index is 0.262. The first-order chi connectivity index (χ1) is 11.1. The van der Waals surface area contributed by atoms with Gasteiger partial charge in [0.05, 0.1) is 29.9 Å². The number of rotatable bonds is 3. The van der Waals surface area contributed by atoms with Crippen molar-refractivity contribution < 1.29 is 14.6 Å². The molecule has 2 aromatic rings. The normalized spacial score (nSPS) is 20.1. The maximum atomic E-state index is 12.8. The Morgan fingerprint density at radius 2 is 2.04 bits per heavy atom. The van der Waals surface area contributed by atoms with Crippen LogP contribution in [-0.2, 0) is 23.0 Å². The molecule has 2 atom stereocenters. The van der Waals surface area contributed by atoms with Gasteiger partial charge in [-0.15, -0.1) is 0 Å². The fourth-order valence-corrected chi connectivity index (χ4v) is 3.27. The Kier molecular flexibility index (Phi) is 4.09. The fraction of sp³-hybridized carbons (Fsp3) is 0.412. The molecule has 1 aliphatic carbocycles. The maximum Gasteiger partial charge on any atom is 0.311 e. The number of carbonyl (C=O) groups is 1. The number of aromatic nitrogens is 2. The summed E-state index contributed by atoms with van der Waals surface area (Å²) < 4.78 is 8.30. The summed E-state index contributed by atoms with van der Waals surface area (Å²) in [6, 6.07) is 9.25. The van der Waals surface area contributed by atoms with E-state index in [2.05, 4.69) is 0 Å². The number of hydrogen-bond acceptors (Lipinski definition) is 4. The molecule has 3 rings (SSSR count). The van der Waals surface area contributed by atoms with Crippen molar-refractivity contribution in [3.63, 3.8) is 0 Å². The second-order valence-corrected chi connectivity index (χ2v) is 5.68. The zero-order valence-electron chi connectivity index (χ0n) is 13.2. The van der Waals surface area contributed by atoms with Crippen molar-refractivity contribution in [2.24, 2.45) is 13.0 Å². The van der Waals surface area contributed by atoms with E-state index < -0.39 is 18.0 Å². The number of benzene rings is 1. The Morgan fingerprint density at radius 1 is 1.35 bits per heavy atom. The zero-order valence-corrected chi connectivity index (χ0v) is 13.2. The van der Waals surface area contributed by atoms with Crippen LogP contribution >= 0.6 is 0 Å². The smallest absolute Gasteiger partial charge is 0.311 e. The molecule has 122 valence electrons. The van der Waals surface area contributed by atoms with Gasteiger partial charge in [-0.2, -0.15) is 0 Å². The predicted octanol–water partition coefficient (Wildman–Crippen LogP) is 1.33. The molecule has 0 aliphatic heterocycles. The van der Waals surface area contributed by atoms with Gasteiger partial charge in [-0.25, -0.2) is 4.68 Å². The van der Waals surface area contributed by atoms with E-state index in [1.54, 1.807) is 18.7 Å². The standard InChI is InChI=1S/C17H20N2O4/c1-3-23-17(22)12-9-10-13-14(15(12)20)16(21)19(18(13)2)11-7-5-4-6-8-11/h4-8,12,15,20H,3,9-10H2,1-2H3. The molecule has 1 aliphatic rings. The lowest BCUT2D eigenvalue weighted by atomic mass is 9.85. The van der Waals surface area contributed by atoms with Gasteiger partial charge in [-0.1, -0.05) is 18.2 Å². The number of hydrogen-bond donors (Lipinski definition) is 1. The lowest BCUT2D eigenvalue weighted by molar-refractivity contribution is -0.153. The van der Waals surface area contributed by atoms with Gasteiger partial charge in [0, 0.05) is 12.7 Å². The van der Waals surface area contributed by atoms with Crippen molar-refractivity contribution in [1.82, 2.24) is 9.36 Å². The molecule has 1 N–H and O–H groups in total. The summed E-state index contributed by atoms with van der Waals surface area (Å²) in [5, 5.41) is 10.6. The van der Waals surface area contributed by atoms with Gasteiger partial charge in [-0.05, 0) is 31.9 Å². The number of fused-ring (bicyclic) bond motifs is 1. The van der Waals surface area contributed by atoms with Crippen LogP contribution in [0.2, 0.25) is 0 Å². The molecule has 0 saturated carbocycles. The van der Waals surface area contributed by atoms with Crippen LogP contribution in [0.25, 0.3) is 5.69 Å². The van der Waals surface area contributed by atoms with Crippen LogP contribution in [0.5, 0.6) is 0 Å².